The van der Waals surface area contributed by atoms with Gasteiger partial charge in [-0.25, -0.2) is 9.18 Å². The highest BCUT2D eigenvalue weighted by Gasteiger charge is 2.24. The van der Waals surface area contributed by atoms with Gasteiger partial charge in [0.05, 0.1) is 12.8 Å². The van der Waals surface area contributed by atoms with Crippen molar-refractivity contribution in [2.24, 2.45) is 0 Å². The van der Waals surface area contributed by atoms with Crippen LogP contribution < -0.4 is 9.64 Å². The number of carboxylic acid groups (broad SMARTS) is 1. The highest BCUT2D eigenvalue weighted by molar-refractivity contribution is 5.81. The molecule has 0 amide bonds. The second-order valence-corrected chi connectivity index (χ2v) is 7.11. The molecule has 1 aromatic carbocycles. The van der Waals surface area contributed by atoms with E-state index in [1.165, 1.54) is 17.7 Å². The molecule has 0 bridgehead atoms. The Kier molecular flexibility index (Phi) is 6.83. The summed E-state index contributed by atoms with van der Waals surface area (Å²) in [5.74, 6) is -0.687. The van der Waals surface area contributed by atoms with Crippen molar-refractivity contribution < 1.29 is 19.0 Å². The van der Waals surface area contributed by atoms with Crippen LogP contribution in [0.5, 0.6) is 5.75 Å². The molecule has 0 unspecified atom stereocenters. The summed E-state index contributed by atoms with van der Waals surface area (Å²) in [4.78, 5) is 13.0. The van der Waals surface area contributed by atoms with Gasteiger partial charge in [0.25, 0.3) is 0 Å². The Labute approximate surface area is 160 Å². The molecule has 0 saturated heterocycles. The Hall–Kier alpha value is -2.56. The average Bonchev–Trinajstić information content (AvgIpc) is 2.63. The lowest BCUT2D eigenvalue weighted by Crippen LogP contribution is -2.35. The fraction of sp³-hybridized carbons (Fsp3) is 0.409. The third-order valence-corrected chi connectivity index (χ3v) is 4.76. The quantitative estimate of drug-likeness (QED) is 0.554. The number of methoxy groups -OCH3 is 1. The SMILES string of the molecule is COc1cc(\C(C)=C(F)/C=C/C(C)=C/C(=O)O)cc2c1N(C(C)C)CCC2. The Bertz CT molecular complexity index is 789. The zero-order valence-corrected chi connectivity index (χ0v) is 16.7. The first-order valence-electron chi connectivity index (χ1n) is 9.18. The highest BCUT2D eigenvalue weighted by atomic mass is 19.1. The van der Waals surface area contributed by atoms with Gasteiger partial charge in [-0.05, 0) is 81.0 Å². The van der Waals surface area contributed by atoms with Crippen LogP contribution in [0.2, 0.25) is 0 Å². The van der Waals surface area contributed by atoms with Crippen LogP contribution in [0, 0.1) is 0 Å². The monoisotopic (exact) mass is 373 g/mol. The first-order valence-corrected chi connectivity index (χ1v) is 9.18. The molecule has 5 heteroatoms. The Morgan fingerprint density at radius 1 is 1.30 bits per heavy atom. The van der Waals surface area contributed by atoms with E-state index in [1.807, 2.05) is 12.1 Å². The molecule has 0 saturated carbocycles. The van der Waals surface area contributed by atoms with Gasteiger partial charge in [-0.1, -0.05) is 6.08 Å². The minimum Gasteiger partial charge on any atom is -0.495 e. The number of aryl methyl sites for hydroxylation is 1. The van der Waals surface area contributed by atoms with Gasteiger partial charge in [-0.3, -0.25) is 0 Å². The Morgan fingerprint density at radius 3 is 2.59 bits per heavy atom. The lowest BCUT2D eigenvalue weighted by atomic mass is 9.94. The molecule has 146 valence electrons. The number of nitrogens with zero attached hydrogens (tertiary/aromatic N) is 1. The summed E-state index contributed by atoms with van der Waals surface area (Å²) in [5.41, 5.74) is 4.02. The van der Waals surface area contributed by atoms with Gasteiger partial charge in [-0.15, -0.1) is 0 Å². The zero-order chi connectivity index (χ0) is 20.1. The molecular formula is C22H28FNO3. The van der Waals surface area contributed by atoms with Gasteiger partial charge in [0, 0.05) is 18.7 Å². The number of hydrogen-bond donors (Lipinski definition) is 1. The molecule has 0 aromatic heterocycles. The fourth-order valence-corrected chi connectivity index (χ4v) is 3.33. The number of allylic oxidation sites excluding steroid dienone is 5. The van der Waals surface area contributed by atoms with Crippen molar-refractivity contribution in [3.05, 3.63) is 52.9 Å². The van der Waals surface area contributed by atoms with Crippen LogP contribution in [0.15, 0.2) is 41.8 Å². The van der Waals surface area contributed by atoms with Crippen LogP contribution in [-0.4, -0.2) is 30.8 Å². The largest absolute Gasteiger partial charge is 0.495 e. The van der Waals surface area contributed by atoms with Gasteiger partial charge in [0.1, 0.15) is 11.6 Å². The fourth-order valence-electron chi connectivity index (χ4n) is 3.33. The van der Waals surface area contributed by atoms with Crippen molar-refractivity contribution in [2.45, 2.75) is 46.6 Å². The molecule has 0 radical (unpaired) electrons. The number of carbonyl (C=O) groups is 1. The number of ether oxygens (including phenoxy) is 1. The van der Waals surface area contributed by atoms with Crippen molar-refractivity contribution in [3.8, 4) is 5.75 Å². The lowest BCUT2D eigenvalue weighted by molar-refractivity contribution is -0.131. The van der Waals surface area contributed by atoms with Crippen molar-refractivity contribution in [3.63, 3.8) is 0 Å². The van der Waals surface area contributed by atoms with Gasteiger partial charge in [-0.2, -0.15) is 0 Å². The second kappa shape index (κ2) is 8.89. The van der Waals surface area contributed by atoms with Gasteiger partial charge in [0.15, 0.2) is 0 Å². The molecule has 0 spiro atoms. The number of aliphatic carboxylic acids is 1. The van der Waals surface area contributed by atoms with E-state index in [0.29, 0.717) is 17.2 Å². The summed E-state index contributed by atoms with van der Waals surface area (Å²) in [6.45, 7) is 8.65. The van der Waals surface area contributed by atoms with Crippen LogP contribution in [0.25, 0.3) is 5.57 Å². The number of benzene rings is 1. The van der Waals surface area contributed by atoms with Crippen molar-refractivity contribution in [2.75, 3.05) is 18.6 Å². The average molecular weight is 373 g/mol. The third kappa shape index (κ3) is 5.00. The molecule has 27 heavy (non-hydrogen) atoms. The summed E-state index contributed by atoms with van der Waals surface area (Å²) >= 11 is 0. The Balaban J connectivity index is 2.44. The van der Waals surface area contributed by atoms with Gasteiger partial charge < -0.3 is 14.7 Å². The van der Waals surface area contributed by atoms with Crippen LogP contribution in [0.4, 0.5) is 10.1 Å². The van der Waals surface area contributed by atoms with Crippen LogP contribution in [-0.2, 0) is 11.2 Å². The van der Waals surface area contributed by atoms with Crippen LogP contribution in [0.1, 0.15) is 45.2 Å². The van der Waals surface area contributed by atoms with E-state index in [0.717, 1.165) is 42.5 Å². The smallest absolute Gasteiger partial charge is 0.328 e. The van der Waals surface area contributed by atoms with Gasteiger partial charge >= 0.3 is 5.97 Å². The number of fused-ring (bicyclic) bond motifs is 1. The van der Waals surface area contributed by atoms with E-state index in [4.69, 9.17) is 9.84 Å². The topological polar surface area (TPSA) is 49.8 Å². The maximum Gasteiger partial charge on any atom is 0.328 e. The molecule has 4 nitrogen and oxygen atoms in total. The summed E-state index contributed by atoms with van der Waals surface area (Å²) in [6, 6.07) is 4.28. The van der Waals surface area contributed by atoms with Crippen LogP contribution in [0.3, 0.4) is 0 Å². The van der Waals surface area contributed by atoms with Gasteiger partial charge in [0.2, 0.25) is 0 Å². The van der Waals surface area contributed by atoms with E-state index in [2.05, 4.69) is 18.7 Å². The number of anilines is 1. The van der Waals surface area contributed by atoms with Crippen LogP contribution >= 0.6 is 0 Å². The number of hydrogen-bond acceptors (Lipinski definition) is 3. The Morgan fingerprint density at radius 2 is 2.00 bits per heavy atom. The van der Waals surface area contributed by atoms with E-state index < -0.39 is 11.8 Å². The number of carboxylic acids is 1. The van der Waals surface area contributed by atoms with Crippen molar-refractivity contribution >= 4 is 17.2 Å². The predicted octanol–water partition coefficient (Wildman–Crippen LogP) is 5.14. The summed E-state index contributed by atoms with van der Waals surface area (Å²) in [7, 11) is 1.64. The third-order valence-electron chi connectivity index (χ3n) is 4.76. The molecule has 1 heterocycles. The first-order chi connectivity index (χ1) is 12.7. The molecule has 2 rings (SSSR count). The minimum absolute atomic E-state index is 0.365. The molecule has 1 aliphatic heterocycles. The maximum absolute atomic E-state index is 14.6. The maximum atomic E-state index is 14.6. The molecule has 0 fully saturated rings. The number of rotatable bonds is 6. The first kappa shape index (κ1) is 20.7. The molecule has 1 aromatic rings. The summed E-state index contributed by atoms with van der Waals surface area (Å²) < 4.78 is 20.2. The highest BCUT2D eigenvalue weighted by Crippen LogP contribution is 2.40. The second-order valence-electron chi connectivity index (χ2n) is 7.11. The molecule has 0 aliphatic carbocycles. The molecular weight excluding hydrogens is 345 g/mol. The zero-order valence-electron chi connectivity index (χ0n) is 16.7. The van der Waals surface area contributed by atoms with Crippen molar-refractivity contribution in [1.82, 2.24) is 0 Å². The van der Waals surface area contributed by atoms with E-state index in [9.17, 15) is 9.18 Å². The van der Waals surface area contributed by atoms with E-state index in [-0.39, 0.29) is 0 Å². The summed E-state index contributed by atoms with van der Waals surface area (Å²) in [5, 5.41) is 8.73. The summed E-state index contributed by atoms with van der Waals surface area (Å²) in [6.07, 6.45) is 5.80. The minimum atomic E-state index is -1.05. The van der Waals surface area contributed by atoms with E-state index >= 15 is 0 Å². The molecule has 1 aliphatic rings. The normalized spacial score (nSPS) is 15.8. The standard InChI is InChI=1S/C22H28FNO3/c1-14(2)24-10-6-7-17-12-18(13-20(27-5)22(17)24)16(4)19(23)9-8-15(3)11-21(25)26/h8-9,11-14H,6-7,10H2,1-5H3,(H,25,26)/b9-8+,15-11+,19-16+. The lowest BCUT2D eigenvalue weighted by Gasteiger charge is -2.36. The van der Waals surface area contributed by atoms with E-state index in [1.54, 1.807) is 21.0 Å². The molecule has 1 N–H and O–H groups in total. The van der Waals surface area contributed by atoms with Crippen molar-refractivity contribution in [1.29, 1.82) is 0 Å². The number of halogens is 1. The predicted molar refractivity (Wildman–Crippen MR) is 108 cm³/mol. The molecule has 0 atom stereocenters.